The maximum Gasteiger partial charge on any atom is 0.405 e. The minimum atomic E-state index is -1.07. The Morgan fingerprint density at radius 1 is 1.08 bits per heavy atom. The molecule has 0 radical (unpaired) electrons. The van der Waals surface area contributed by atoms with Crippen molar-refractivity contribution in [3.63, 3.8) is 0 Å². The lowest BCUT2D eigenvalue weighted by Gasteiger charge is -2.32. The standard InChI is InChI=1S/C31H35N3O3/c1-31(2,33-30(36)37)19-25-24-10-6-7-11-26(24)32-27-13-12-23(29(35)28(25)27)18-21-14-16-34(17-15-21)20-22-8-4-3-5-9-22/h3-11,18,21,33H,12-17,19-20H2,1-2H3,(H,36,37). The first-order chi connectivity index (χ1) is 17.8. The number of benzene rings is 2. The van der Waals surface area contributed by atoms with Crippen molar-refractivity contribution in [2.24, 2.45) is 5.92 Å². The van der Waals surface area contributed by atoms with Crippen molar-refractivity contribution in [3.8, 4) is 0 Å². The van der Waals surface area contributed by atoms with E-state index < -0.39 is 11.6 Å². The molecule has 2 aliphatic rings. The molecule has 1 fully saturated rings. The molecule has 2 heterocycles. The fraction of sp³-hybridized carbons (Fsp3) is 0.387. The SMILES string of the molecule is CC(C)(Cc1c2c(nc3ccccc13)CCC(=CC1CCN(Cc3ccccc3)CC1)C2=O)NC(=O)O. The van der Waals surface area contributed by atoms with E-state index in [0.717, 1.165) is 66.6 Å². The molecule has 1 saturated heterocycles. The minimum Gasteiger partial charge on any atom is -0.465 e. The summed E-state index contributed by atoms with van der Waals surface area (Å²) >= 11 is 0. The molecule has 6 nitrogen and oxygen atoms in total. The van der Waals surface area contributed by atoms with Crippen LogP contribution in [0.4, 0.5) is 4.79 Å². The normalized spacial score (nSPS) is 18.2. The fourth-order valence-corrected chi connectivity index (χ4v) is 5.83. The summed E-state index contributed by atoms with van der Waals surface area (Å²) in [5.74, 6) is 0.460. The van der Waals surface area contributed by atoms with Gasteiger partial charge in [0.15, 0.2) is 5.78 Å². The van der Waals surface area contributed by atoms with Gasteiger partial charge in [0.2, 0.25) is 0 Å². The van der Waals surface area contributed by atoms with Gasteiger partial charge in [0.05, 0.1) is 11.2 Å². The molecular weight excluding hydrogens is 462 g/mol. The number of likely N-dealkylation sites (tertiary alicyclic amines) is 1. The van der Waals surface area contributed by atoms with Crippen LogP contribution < -0.4 is 5.32 Å². The van der Waals surface area contributed by atoms with E-state index in [4.69, 9.17) is 4.98 Å². The summed E-state index contributed by atoms with van der Waals surface area (Å²) in [7, 11) is 0. The van der Waals surface area contributed by atoms with E-state index in [1.54, 1.807) is 0 Å². The quantitative estimate of drug-likeness (QED) is 0.421. The molecule has 1 amide bonds. The first-order valence-electron chi connectivity index (χ1n) is 13.2. The van der Waals surface area contributed by atoms with E-state index in [0.29, 0.717) is 24.3 Å². The van der Waals surface area contributed by atoms with Gasteiger partial charge in [-0.2, -0.15) is 0 Å². The highest BCUT2D eigenvalue weighted by molar-refractivity contribution is 6.13. The smallest absolute Gasteiger partial charge is 0.405 e. The minimum absolute atomic E-state index is 0.0624. The van der Waals surface area contributed by atoms with Crippen LogP contribution in [0, 0.1) is 5.92 Å². The number of aromatic nitrogens is 1. The average Bonchev–Trinajstić information content (AvgIpc) is 2.86. The Bertz CT molecular complexity index is 1340. The van der Waals surface area contributed by atoms with Crippen LogP contribution in [-0.2, 0) is 19.4 Å². The lowest BCUT2D eigenvalue weighted by atomic mass is 9.80. The highest BCUT2D eigenvalue weighted by atomic mass is 16.4. The number of aryl methyl sites for hydroxylation is 1. The van der Waals surface area contributed by atoms with Gasteiger partial charge in [0, 0.05) is 23.0 Å². The van der Waals surface area contributed by atoms with E-state index in [2.05, 4.69) is 46.6 Å². The van der Waals surface area contributed by atoms with Crippen LogP contribution >= 0.6 is 0 Å². The summed E-state index contributed by atoms with van der Waals surface area (Å²) in [5, 5.41) is 12.9. The second-order valence-corrected chi connectivity index (χ2v) is 11.0. The third-order valence-corrected chi connectivity index (χ3v) is 7.61. The summed E-state index contributed by atoms with van der Waals surface area (Å²) in [5.41, 5.74) is 4.76. The number of nitrogens with one attached hydrogen (secondary N) is 1. The highest BCUT2D eigenvalue weighted by Crippen LogP contribution is 2.35. The molecule has 0 bridgehead atoms. The van der Waals surface area contributed by atoms with Crippen molar-refractivity contribution >= 4 is 22.8 Å². The summed E-state index contributed by atoms with van der Waals surface area (Å²) in [6, 6.07) is 18.4. The number of carbonyl (C=O) groups is 2. The fourth-order valence-electron chi connectivity index (χ4n) is 5.83. The Balaban J connectivity index is 1.39. The van der Waals surface area contributed by atoms with Gasteiger partial charge in [0.25, 0.3) is 0 Å². The Hall–Kier alpha value is -3.51. The number of para-hydroxylation sites is 1. The predicted octanol–water partition coefficient (Wildman–Crippen LogP) is 5.79. The highest BCUT2D eigenvalue weighted by Gasteiger charge is 2.32. The van der Waals surface area contributed by atoms with Gasteiger partial charge in [0.1, 0.15) is 0 Å². The molecule has 0 saturated carbocycles. The average molecular weight is 498 g/mol. The number of allylic oxidation sites excluding steroid dienone is 2. The van der Waals surface area contributed by atoms with E-state index in [9.17, 15) is 14.7 Å². The topological polar surface area (TPSA) is 82.5 Å². The number of amides is 1. The van der Waals surface area contributed by atoms with Crippen LogP contribution in [0.2, 0.25) is 0 Å². The van der Waals surface area contributed by atoms with Crippen LogP contribution in [-0.4, -0.2) is 45.5 Å². The van der Waals surface area contributed by atoms with Gasteiger partial charge in [-0.1, -0.05) is 54.6 Å². The number of fused-ring (bicyclic) bond motifs is 2. The summed E-state index contributed by atoms with van der Waals surface area (Å²) < 4.78 is 0. The van der Waals surface area contributed by atoms with Gasteiger partial charge in [-0.3, -0.25) is 14.7 Å². The Labute approximate surface area is 218 Å². The largest absolute Gasteiger partial charge is 0.465 e. The van der Waals surface area contributed by atoms with Gasteiger partial charge < -0.3 is 10.4 Å². The number of pyridine rings is 1. The maximum atomic E-state index is 13.9. The van der Waals surface area contributed by atoms with Crippen molar-refractivity contribution in [2.75, 3.05) is 13.1 Å². The second-order valence-electron chi connectivity index (χ2n) is 11.0. The maximum absolute atomic E-state index is 13.9. The molecule has 0 spiro atoms. The first-order valence-corrected chi connectivity index (χ1v) is 13.2. The number of carboxylic acid groups (broad SMARTS) is 1. The Morgan fingerprint density at radius 2 is 1.78 bits per heavy atom. The molecule has 5 rings (SSSR count). The zero-order valence-corrected chi connectivity index (χ0v) is 21.7. The van der Waals surface area contributed by atoms with Crippen LogP contribution in [0.3, 0.4) is 0 Å². The summed E-state index contributed by atoms with van der Waals surface area (Å²) in [6.07, 6.45) is 5.11. The number of rotatable bonds is 6. The lowest BCUT2D eigenvalue weighted by Crippen LogP contribution is -2.44. The van der Waals surface area contributed by atoms with E-state index in [1.165, 1.54) is 5.56 Å². The lowest BCUT2D eigenvalue weighted by molar-refractivity contribution is 0.102. The van der Waals surface area contributed by atoms with Crippen molar-refractivity contribution in [2.45, 2.75) is 58.0 Å². The summed E-state index contributed by atoms with van der Waals surface area (Å²) in [6.45, 7) is 6.74. The van der Waals surface area contributed by atoms with Crippen LogP contribution in [0.15, 0.2) is 66.2 Å². The van der Waals surface area contributed by atoms with Gasteiger partial charge in [-0.15, -0.1) is 0 Å². The molecule has 2 N–H and O–H groups in total. The van der Waals surface area contributed by atoms with Gasteiger partial charge in [-0.05, 0) is 87.7 Å². The number of ketones is 1. The molecule has 0 atom stereocenters. The molecule has 37 heavy (non-hydrogen) atoms. The number of hydrogen-bond donors (Lipinski definition) is 2. The molecular formula is C31H35N3O3. The van der Waals surface area contributed by atoms with Gasteiger partial charge >= 0.3 is 6.09 Å². The van der Waals surface area contributed by atoms with Gasteiger partial charge in [-0.25, -0.2) is 4.79 Å². The first kappa shape index (κ1) is 25.2. The molecule has 1 aromatic heterocycles. The zero-order chi connectivity index (χ0) is 26.0. The monoisotopic (exact) mass is 497 g/mol. The molecule has 3 aromatic rings. The number of piperidine rings is 1. The Morgan fingerprint density at radius 3 is 2.51 bits per heavy atom. The second kappa shape index (κ2) is 10.5. The predicted molar refractivity (Wildman–Crippen MR) is 146 cm³/mol. The molecule has 192 valence electrons. The number of carbonyl (C=O) groups excluding carboxylic acids is 1. The third-order valence-electron chi connectivity index (χ3n) is 7.61. The zero-order valence-electron chi connectivity index (χ0n) is 21.7. The van der Waals surface area contributed by atoms with Crippen LogP contribution in [0.1, 0.15) is 60.3 Å². The van der Waals surface area contributed by atoms with Crippen molar-refractivity contribution in [1.29, 1.82) is 0 Å². The Kier molecular flexibility index (Phi) is 7.11. The van der Waals surface area contributed by atoms with E-state index in [-0.39, 0.29) is 5.78 Å². The van der Waals surface area contributed by atoms with Crippen molar-refractivity contribution in [3.05, 3.63) is 88.6 Å². The number of nitrogens with zero attached hydrogens (tertiary/aromatic N) is 2. The third kappa shape index (κ3) is 5.75. The summed E-state index contributed by atoms with van der Waals surface area (Å²) in [4.78, 5) is 32.7. The van der Waals surface area contributed by atoms with E-state index in [1.807, 2.05) is 38.1 Å². The molecule has 0 unspecified atom stereocenters. The van der Waals surface area contributed by atoms with Crippen LogP contribution in [0.5, 0.6) is 0 Å². The molecule has 1 aliphatic heterocycles. The molecule has 1 aliphatic carbocycles. The molecule has 2 aromatic carbocycles. The van der Waals surface area contributed by atoms with Crippen molar-refractivity contribution in [1.82, 2.24) is 15.2 Å². The van der Waals surface area contributed by atoms with Crippen molar-refractivity contribution < 1.29 is 14.7 Å². The van der Waals surface area contributed by atoms with E-state index >= 15 is 0 Å². The number of hydrogen-bond acceptors (Lipinski definition) is 4. The molecule has 6 heteroatoms. The number of Topliss-reactive ketones (excluding diaryl/α,β-unsaturated/α-hetero) is 1. The van der Waals surface area contributed by atoms with Crippen LogP contribution in [0.25, 0.3) is 10.9 Å².